The number of amides is 1. The lowest BCUT2D eigenvalue weighted by Crippen LogP contribution is -2.30. The Labute approximate surface area is 180 Å². The summed E-state index contributed by atoms with van der Waals surface area (Å²) in [6.45, 7) is 9.53. The Balaban J connectivity index is 1.85. The highest BCUT2D eigenvalue weighted by atomic mass is 35.5. The first kappa shape index (κ1) is 21.8. The fourth-order valence-electron chi connectivity index (χ4n) is 2.93. The van der Waals surface area contributed by atoms with E-state index in [2.05, 4.69) is 15.4 Å². The average molecular weight is 429 g/mol. The maximum Gasteiger partial charge on any atom is 0.339 e. The molecule has 2 heterocycles. The van der Waals surface area contributed by atoms with E-state index in [0.717, 1.165) is 5.69 Å². The number of carbonyl (C=O) groups is 2. The van der Waals surface area contributed by atoms with Crippen molar-refractivity contribution in [2.75, 3.05) is 5.32 Å². The van der Waals surface area contributed by atoms with Crippen LogP contribution in [0.4, 0.5) is 5.69 Å². The zero-order chi connectivity index (χ0) is 22.0. The quantitative estimate of drug-likeness (QED) is 0.560. The summed E-state index contributed by atoms with van der Waals surface area (Å²) in [5.74, 6) is -0.911. The minimum absolute atomic E-state index is 0.0883. The maximum atomic E-state index is 12.9. The van der Waals surface area contributed by atoms with Gasteiger partial charge in [0.15, 0.2) is 11.8 Å². The van der Waals surface area contributed by atoms with Crippen molar-refractivity contribution in [3.05, 3.63) is 52.8 Å². The van der Waals surface area contributed by atoms with Gasteiger partial charge >= 0.3 is 5.97 Å². The van der Waals surface area contributed by atoms with Crippen molar-refractivity contribution < 1.29 is 14.3 Å². The number of esters is 1. The molecule has 1 atom stereocenters. The number of hydrogen-bond acceptors (Lipinski definition) is 5. The molecule has 3 aromatic rings. The minimum atomic E-state index is -0.987. The molecule has 0 aliphatic carbocycles. The molecular formula is C22H25ClN4O3. The second kappa shape index (κ2) is 8.83. The SMILES string of the molecule is CC(OC(=O)c1cc(C(C)C)nc2c1cnn2C(C)C)C(=O)Nc1ccc(Cl)cc1. The molecule has 1 unspecified atom stereocenters. The van der Waals surface area contributed by atoms with Gasteiger partial charge in [-0.25, -0.2) is 14.5 Å². The van der Waals surface area contributed by atoms with Crippen LogP contribution in [0.15, 0.2) is 36.5 Å². The van der Waals surface area contributed by atoms with E-state index >= 15 is 0 Å². The molecular weight excluding hydrogens is 404 g/mol. The zero-order valence-corrected chi connectivity index (χ0v) is 18.4. The van der Waals surface area contributed by atoms with Crippen molar-refractivity contribution in [2.24, 2.45) is 0 Å². The molecule has 0 saturated carbocycles. The highest BCUT2D eigenvalue weighted by Gasteiger charge is 2.24. The van der Waals surface area contributed by atoms with Crippen LogP contribution in [0.5, 0.6) is 0 Å². The van der Waals surface area contributed by atoms with Gasteiger partial charge in [0.25, 0.3) is 5.91 Å². The Hall–Kier alpha value is -2.93. The van der Waals surface area contributed by atoms with Crippen molar-refractivity contribution in [1.29, 1.82) is 0 Å². The molecule has 0 radical (unpaired) electrons. The first-order chi connectivity index (χ1) is 14.2. The Morgan fingerprint density at radius 2 is 1.77 bits per heavy atom. The number of hydrogen-bond donors (Lipinski definition) is 1. The van der Waals surface area contributed by atoms with Crippen molar-refractivity contribution in [3.63, 3.8) is 0 Å². The van der Waals surface area contributed by atoms with E-state index in [9.17, 15) is 9.59 Å². The van der Waals surface area contributed by atoms with Crippen LogP contribution in [0, 0.1) is 0 Å². The van der Waals surface area contributed by atoms with Crippen molar-refractivity contribution >= 4 is 40.2 Å². The second-order valence-electron chi connectivity index (χ2n) is 7.71. The van der Waals surface area contributed by atoms with E-state index in [4.69, 9.17) is 16.3 Å². The number of fused-ring (bicyclic) bond motifs is 1. The van der Waals surface area contributed by atoms with E-state index in [1.165, 1.54) is 6.92 Å². The van der Waals surface area contributed by atoms with Crippen LogP contribution in [0.25, 0.3) is 11.0 Å². The smallest absolute Gasteiger partial charge is 0.339 e. The normalized spacial score (nSPS) is 12.4. The minimum Gasteiger partial charge on any atom is -0.449 e. The Morgan fingerprint density at radius 1 is 1.10 bits per heavy atom. The molecule has 0 fully saturated rings. The second-order valence-corrected chi connectivity index (χ2v) is 8.15. The van der Waals surface area contributed by atoms with Gasteiger partial charge in [-0.3, -0.25) is 4.79 Å². The van der Waals surface area contributed by atoms with Crippen LogP contribution in [0.1, 0.15) is 62.6 Å². The van der Waals surface area contributed by atoms with Gasteiger partial charge in [-0.1, -0.05) is 25.4 Å². The molecule has 0 saturated heterocycles. The van der Waals surface area contributed by atoms with Gasteiger partial charge in [0.2, 0.25) is 0 Å². The standard InChI is InChI=1S/C22H25ClN4O3/c1-12(2)19-10-17(18-11-24-27(13(3)4)20(18)26-19)22(29)30-14(5)21(28)25-16-8-6-15(23)7-9-16/h6-14H,1-5H3,(H,25,28). The number of benzene rings is 1. The fraction of sp³-hybridized carbons (Fsp3) is 0.364. The van der Waals surface area contributed by atoms with Crippen molar-refractivity contribution in [3.8, 4) is 0 Å². The van der Waals surface area contributed by atoms with Gasteiger partial charge in [0.1, 0.15) is 0 Å². The van der Waals surface area contributed by atoms with Gasteiger partial charge in [0, 0.05) is 22.4 Å². The molecule has 0 aliphatic heterocycles. The van der Waals surface area contributed by atoms with E-state index < -0.39 is 18.0 Å². The van der Waals surface area contributed by atoms with Gasteiger partial charge in [-0.15, -0.1) is 0 Å². The molecule has 1 amide bonds. The molecule has 8 heteroatoms. The number of aromatic nitrogens is 3. The molecule has 0 aliphatic rings. The third-order valence-corrected chi connectivity index (χ3v) is 4.90. The molecule has 158 valence electrons. The summed E-state index contributed by atoms with van der Waals surface area (Å²) >= 11 is 5.86. The molecule has 3 rings (SSSR count). The number of ether oxygens (including phenoxy) is 1. The third-order valence-electron chi connectivity index (χ3n) is 4.65. The van der Waals surface area contributed by atoms with Crippen molar-refractivity contribution in [2.45, 2.75) is 52.7 Å². The summed E-state index contributed by atoms with van der Waals surface area (Å²) in [4.78, 5) is 30.1. The van der Waals surface area contributed by atoms with Crippen molar-refractivity contribution in [1.82, 2.24) is 14.8 Å². The van der Waals surface area contributed by atoms with Gasteiger partial charge < -0.3 is 10.1 Å². The van der Waals surface area contributed by atoms with E-state index in [1.54, 1.807) is 41.2 Å². The molecule has 0 spiro atoms. The number of rotatable bonds is 6. The number of nitrogens with one attached hydrogen (secondary N) is 1. The predicted molar refractivity (Wildman–Crippen MR) is 117 cm³/mol. The highest BCUT2D eigenvalue weighted by Crippen LogP contribution is 2.25. The first-order valence-electron chi connectivity index (χ1n) is 9.83. The monoisotopic (exact) mass is 428 g/mol. The summed E-state index contributed by atoms with van der Waals surface area (Å²) in [5.41, 5.74) is 2.30. The first-order valence-corrected chi connectivity index (χ1v) is 10.2. The number of pyridine rings is 1. The van der Waals surface area contributed by atoms with Crippen LogP contribution in [-0.2, 0) is 9.53 Å². The average Bonchev–Trinajstić information content (AvgIpc) is 3.13. The van der Waals surface area contributed by atoms with Gasteiger partial charge in [-0.2, -0.15) is 5.10 Å². The van der Waals surface area contributed by atoms with Gasteiger partial charge in [0.05, 0.1) is 17.1 Å². The number of carbonyl (C=O) groups excluding carboxylic acids is 2. The highest BCUT2D eigenvalue weighted by molar-refractivity contribution is 6.30. The van der Waals surface area contributed by atoms with Crippen LogP contribution < -0.4 is 5.32 Å². The lowest BCUT2D eigenvalue weighted by Gasteiger charge is -2.15. The van der Waals surface area contributed by atoms with E-state index in [1.807, 2.05) is 27.7 Å². The maximum absolute atomic E-state index is 12.9. The summed E-state index contributed by atoms with van der Waals surface area (Å²) in [7, 11) is 0. The predicted octanol–water partition coefficient (Wildman–Crippen LogP) is 4.97. The lowest BCUT2D eigenvalue weighted by molar-refractivity contribution is -0.123. The summed E-state index contributed by atoms with van der Waals surface area (Å²) in [5, 5.41) is 8.25. The molecule has 7 nitrogen and oxygen atoms in total. The van der Waals surface area contributed by atoms with Crippen LogP contribution in [0.2, 0.25) is 5.02 Å². The number of nitrogens with zero attached hydrogens (tertiary/aromatic N) is 3. The number of anilines is 1. The van der Waals surface area contributed by atoms with Crippen LogP contribution in [-0.4, -0.2) is 32.7 Å². The summed E-state index contributed by atoms with van der Waals surface area (Å²) in [6, 6.07) is 8.49. The van der Waals surface area contributed by atoms with E-state index in [-0.39, 0.29) is 12.0 Å². The topological polar surface area (TPSA) is 86.1 Å². The zero-order valence-electron chi connectivity index (χ0n) is 17.6. The molecule has 30 heavy (non-hydrogen) atoms. The third kappa shape index (κ3) is 4.62. The Bertz CT molecular complexity index is 1070. The fourth-order valence-corrected chi connectivity index (χ4v) is 3.06. The summed E-state index contributed by atoms with van der Waals surface area (Å²) in [6.07, 6.45) is 0.626. The largest absolute Gasteiger partial charge is 0.449 e. The lowest BCUT2D eigenvalue weighted by atomic mass is 10.1. The Kier molecular flexibility index (Phi) is 6.41. The van der Waals surface area contributed by atoms with Crippen LogP contribution >= 0.6 is 11.6 Å². The molecule has 0 bridgehead atoms. The Morgan fingerprint density at radius 3 is 2.37 bits per heavy atom. The number of halogens is 1. The van der Waals surface area contributed by atoms with Crippen LogP contribution in [0.3, 0.4) is 0 Å². The van der Waals surface area contributed by atoms with E-state index in [0.29, 0.717) is 27.3 Å². The molecule has 1 aromatic carbocycles. The van der Waals surface area contributed by atoms with Gasteiger partial charge in [-0.05, 0) is 57.0 Å². The summed E-state index contributed by atoms with van der Waals surface area (Å²) < 4.78 is 7.24. The molecule has 1 N–H and O–H groups in total. The molecule has 2 aromatic heterocycles.